The summed E-state index contributed by atoms with van der Waals surface area (Å²) < 4.78 is 4.90. The maximum absolute atomic E-state index is 11.0. The normalized spacial score (nSPS) is 44.6. The van der Waals surface area contributed by atoms with Crippen LogP contribution in [0.1, 0.15) is 32.1 Å². The van der Waals surface area contributed by atoms with Gasteiger partial charge in [-0.3, -0.25) is 0 Å². The van der Waals surface area contributed by atoms with Crippen LogP contribution < -0.4 is 5.32 Å². The van der Waals surface area contributed by atoms with E-state index in [2.05, 4.69) is 5.32 Å². The number of fused-ring (bicyclic) bond motifs is 2. The van der Waals surface area contributed by atoms with Gasteiger partial charge in [0, 0.05) is 0 Å². The van der Waals surface area contributed by atoms with E-state index in [9.17, 15) is 20.1 Å². The van der Waals surface area contributed by atoms with Crippen LogP contribution in [-0.2, 0) is 4.74 Å². The van der Waals surface area contributed by atoms with Crippen LogP contribution in [0.2, 0.25) is 0 Å². The topological polar surface area (TPSA) is 99.0 Å². The molecular formula is C13H21NO5. The van der Waals surface area contributed by atoms with Gasteiger partial charge < -0.3 is 25.4 Å². The number of carbonyl (C=O) groups is 1. The molecule has 2 saturated carbocycles. The Balaban J connectivity index is 1.75. The monoisotopic (exact) mass is 271 g/mol. The van der Waals surface area contributed by atoms with Crippen molar-refractivity contribution in [1.82, 2.24) is 5.32 Å². The highest BCUT2D eigenvalue weighted by molar-refractivity contribution is 5.69. The second-order valence-corrected chi connectivity index (χ2v) is 6.05. The van der Waals surface area contributed by atoms with Crippen molar-refractivity contribution in [3.05, 3.63) is 0 Å². The first-order valence-electron chi connectivity index (χ1n) is 7.06. The van der Waals surface area contributed by atoms with Crippen LogP contribution in [0.25, 0.3) is 0 Å². The Labute approximate surface area is 111 Å². The molecule has 1 heterocycles. The van der Waals surface area contributed by atoms with Crippen molar-refractivity contribution in [2.75, 3.05) is 6.54 Å². The fourth-order valence-electron chi connectivity index (χ4n) is 4.11. The van der Waals surface area contributed by atoms with Crippen molar-refractivity contribution < 1.29 is 24.9 Å². The number of nitrogens with one attached hydrogen (secondary N) is 1. The SMILES string of the molecule is O=C1NCC([C@H](O)[C@@H](O)C2(O)[C@@H]3CCC[C@H]2CC3)O1. The lowest BCUT2D eigenvalue weighted by Crippen LogP contribution is -2.59. The van der Waals surface area contributed by atoms with E-state index in [1.54, 1.807) is 0 Å². The Morgan fingerprint density at radius 3 is 2.37 bits per heavy atom. The molecule has 6 nitrogen and oxygen atoms in total. The molecule has 2 aliphatic carbocycles. The van der Waals surface area contributed by atoms with Gasteiger partial charge in [0.05, 0.1) is 12.1 Å². The molecule has 1 amide bonds. The van der Waals surface area contributed by atoms with Gasteiger partial charge in [0.25, 0.3) is 0 Å². The average Bonchev–Trinajstić information content (AvgIpc) is 2.85. The number of hydrogen-bond acceptors (Lipinski definition) is 5. The van der Waals surface area contributed by atoms with Gasteiger partial charge in [0.15, 0.2) is 0 Å². The number of aliphatic hydroxyl groups is 3. The van der Waals surface area contributed by atoms with E-state index in [4.69, 9.17) is 4.74 Å². The summed E-state index contributed by atoms with van der Waals surface area (Å²) in [6.45, 7) is 0.169. The molecule has 1 aliphatic heterocycles. The van der Waals surface area contributed by atoms with Crippen molar-refractivity contribution in [1.29, 1.82) is 0 Å². The molecule has 1 saturated heterocycles. The molecule has 0 aromatic heterocycles. The van der Waals surface area contributed by atoms with E-state index < -0.39 is 30.0 Å². The molecule has 2 unspecified atom stereocenters. The molecule has 3 aliphatic rings. The predicted molar refractivity (Wildman–Crippen MR) is 65.3 cm³/mol. The Morgan fingerprint density at radius 1 is 1.21 bits per heavy atom. The van der Waals surface area contributed by atoms with Gasteiger partial charge in [-0.1, -0.05) is 6.42 Å². The Kier molecular flexibility index (Phi) is 3.19. The number of aliphatic hydroxyl groups excluding tert-OH is 2. The van der Waals surface area contributed by atoms with Crippen molar-refractivity contribution in [3.63, 3.8) is 0 Å². The van der Waals surface area contributed by atoms with Gasteiger partial charge >= 0.3 is 6.09 Å². The van der Waals surface area contributed by atoms with Crippen LogP contribution in [0.5, 0.6) is 0 Å². The van der Waals surface area contributed by atoms with Crippen LogP contribution in [0.3, 0.4) is 0 Å². The molecule has 6 heteroatoms. The van der Waals surface area contributed by atoms with Crippen molar-refractivity contribution in [2.24, 2.45) is 11.8 Å². The van der Waals surface area contributed by atoms with Crippen molar-refractivity contribution >= 4 is 6.09 Å². The summed E-state index contributed by atoms with van der Waals surface area (Å²) in [5.74, 6) is 0.0851. The fourth-order valence-corrected chi connectivity index (χ4v) is 4.11. The summed E-state index contributed by atoms with van der Waals surface area (Å²) in [5, 5.41) is 33.9. The van der Waals surface area contributed by atoms with Gasteiger partial charge in [-0.2, -0.15) is 0 Å². The molecule has 0 radical (unpaired) electrons. The molecule has 0 spiro atoms. The van der Waals surface area contributed by atoms with Crippen LogP contribution >= 0.6 is 0 Å². The zero-order valence-electron chi connectivity index (χ0n) is 10.8. The first-order chi connectivity index (χ1) is 9.03. The highest BCUT2D eigenvalue weighted by Crippen LogP contribution is 2.52. The fraction of sp³-hybridized carbons (Fsp3) is 0.923. The number of ether oxygens (including phenoxy) is 1. The van der Waals surface area contributed by atoms with Crippen LogP contribution in [0, 0.1) is 11.8 Å². The number of amides is 1. The molecular weight excluding hydrogens is 250 g/mol. The standard InChI is InChI=1S/C13H21NO5/c15-10(9-6-14-12(17)19-9)11(16)13(18)7-2-1-3-8(13)5-4-7/h7-11,15-16,18H,1-6H2,(H,14,17)/t7-,8+,9?,10-,11+,13?/m0/s1. The molecule has 2 bridgehead atoms. The first-order valence-corrected chi connectivity index (χ1v) is 7.06. The predicted octanol–water partition coefficient (Wildman–Crippen LogP) is -0.242. The first kappa shape index (κ1) is 13.1. The van der Waals surface area contributed by atoms with E-state index in [1.807, 2.05) is 0 Å². The second kappa shape index (κ2) is 4.61. The smallest absolute Gasteiger partial charge is 0.407 e. The van der Waals surface area contributed by atoms with E-state index in [1.165, 1.54) is 0 Å². The van der Waals surface area contributed by atoms with Gasteiger partial charge in [-0.15, -0.1) is 0 Å². The summed E-state index contributed by atoms with van der Waals surface area (Å²) >= 11 is 0. The molecule has 4 N–H and O–H groups in total. The third kappa shape index (κ3) is 1.93. The molecule has 3 rings (SSSR count). The lowest BCUT2D eigenvalue weighted by atomic mass is 9.69. The molecule has 108 valence electrons. The number of rotatable bonds is 3. The molecule has 0 aromatic rings. The second-order valence-electron chi connectivity index (χ2n) is 6.05. The average molecular weight is 271 g/mol. The summed E-state index contributed by atoms with van der Waals surface area (Å²) in [7, 11) is 0. The highest BCUT2D eigenvalue weighted by Gasteiger charge is 2.58. The summed E-state index contributed by atoms with van der Waals surface area (Å²) in [4.78, 5) is 11.0. The third-order valence-electron chi connectivity index (χ3n) is 5.16. The number of alkyl carbamates (subject to hydrolysis) is 1. The van der Waals surface area contributed by atoms with Crippen LogP contribution in [0.15, 0.2) is 0 Å². The summed E-state index contributed by atoms with van der Waals surface area (Å²) in [6, 6.07) is 0. The van der Waals surface area contributed by atoms with E-state index in [0.717, 1.165) is 32.1 Å². The van der Waals surface area contributed by atoms with E-state index in [0.29, 0.717) is 0 Å². The Hall–Kier alpha value is -0.850. The maximum Gasteiger partial charge on any atom is 0.407 e. The molecule has 6 atom stereocenters. The Bertz CT molecular complexity index is 358. The number of hydrogen-bond donors (Lipinski definition) is 4. The lowest BCUT2D eigenvalue weighted by molar-refractivity contribution is -0.190. The lowest BCUT2D eigenvalue weighted by Gasteiger charge is -2.44. The summed E-state index contributed by atoms with van der Waals surface area (Å²) in [6.07, 6.45) is 0.761. The molecule has 0 aromatic carbocycles. The third-order valence-corrected chi connectivity index (χ3v) is 5.16. The van der Waals surface area contributed by atoms with Crippen LogP contribution in [0.4, 0.5) is 4.79 Å². The van der Waals surface area contributed by atoms with Crippen LogP contribution in [-0.4, -0.2) is 51.9 Å². The number of cyclic esters (lactones) is 1. The van der Waals surface area contributed by atoms with Crippen molar-refractivity contribution in [3.8, 4) is 0 Å². The highest BCUT2D eigenvalue weighted by atomic mass is 16.6. The van der Waals surface area contributed by atoms with E-state index >= 15 is 0 Å². The van der Waals surface area contributed by atoms with Gasteiger partial charge in [0.2, 0.25) is 0 Å². The summed E-state index contributed by atoms with van der Waals surface area (Å²) in [5.41, 5.74) is -1.23. The minimum absolute atomic E-state index is 0.0426. The van der Waals surface area contributed by atoms with Gasteiger partial charge in [0.1, 0.15) is 18.3 Å². The van der Waals surface area contributed by atoms with E-state index in [-0.39, 0.29) is 18.4 Å². The van der Waals surface area contributed by atoms with Gasteiger partial charge in [-0.05, 0) is 37.5 Å². The number of carbonyl (C=O) groups excluding carboxylic acids is 1. The maximum atomic E-state index is 11.0. The van der Waals surface area contributed by atoms with Gasteiger partial charge in [-0.25, -0.2) is 4.79 Å². The quantitative estimate of drug-likeness (QED) is 0.568. The minimum Gasteiger partial charge on any atom is -0.441 e. The zero-order chi connectivity index (χ0) is 13.6. The zero-order valence-corrected chi connectivity index (χ0v) is 10.8. The Morgan fingerprint density at radius 2 is 1.84 bits per heavy atom. The van der Waals surface area contributed by atoms with Crippen molar-refractivity contribution in [2.45, 2.75) is 56.0 Å². The molecule has 19 heavy (non-hydrogen) atoms. The minimum atomic E-state index is -1.26. The molecule has 3 fully saturated rings. The largest absolute Gasteiger partial charge is 0.441 e.